The summed E-state index contributed by atoms with van der Waals surface area (Å²) < 4.78 is 5.66. The fraction of sp³-hybridized carbons (Fsp3) is 0.538. The summed E-state index contributed by atoms with van der Waals surface area (Å²) in [6.45, 7) is 1.25. The maximum Gasteiger partial charge on any atom is 0.121 e. The quantitative estimate of drug-likeness (QED) is 0.820. The van der Waals surface area contributed by atoms with Crippen LogP contribution in [0.2, 0.25) is 5.02 Å². The summed E-state index contributed by atoms with van der Waals surface area (Å²) in [5.41, 5.74) is 0.789. The Balaban J connectivity index is 2.04. The zero-order chi connectivity index (χ0) is 12.3. The summed E-state index contributed by atoms with van der Waals surface area (Å²) >= 11 is 6.01. The minimum absolute atomic E-state index is 0.502. The van der Waals surface area contributed by atoms with E-state index in [2.05, 4.69) is 5.32 Å². The van der Waals surface area contributed by atoms with Gasteiger partial charge in [0.05, 0.1) is 12.7 Å². The van der Waals surface area contributed by atoms with Crippen LogP contribution in [0.25, 0.3) is 0 Å². The second kappa shape index (κ2) is 5.71. The Bertz CT molecular complexity index is 380. The molecule has 0 spiro atoms. The van der Waals surface area contributed by atoms with E-state index in [1.165, 1.54) is 12.8 Å². The highest BCUT2D eigenvalue weighted by atomic mass is 35.5. The normalized spacial score (nSPS) is 16.9. The average Bonchev–Trinajstić information content (AvgIpc) is 3.10. The number of rotatable bonds is 6. The fourth-order valence-corrected chi connectivity index (χ4v) is 1.90. The molecule has 94 valence electrons. The smallest absolute Gasteiger partial charge is 0.121 e. The SMILES string of the molecule is CNCC(O)c1cc(Cl)cc(OCC2CC2)c1. The third-order valence-electron chi connectivity index (χ3n) is 2.86. The molecule has 3 nitrogen and oxygen atoms in total. The van der Waals surface area contributed by atoms with Crippen molar-refractivity contribution in [2.24, 2.45) is 5.92 Å². The van der Waals surface area contributed by atoms with Gasteiger partial charge in [-0.3, -0.25) is 0 Å². The lowest BCUT2D eigenvalue weighted by molar-refractivity contribution is 0.177. The second-order valence-corrected chi connectivity index (χ2v) is 4.98. The minimum Gasteiger partial charge on any atom is -0.493 e. The Morgan fingerprint density at radius 1 is 1.47 bits per heavy atom. The van der Waals surface area contributed by atoms with E-state index in [4.69, 9.17) is 16.3 Å². The zero-order valence-corrected chi connectivity index (χ0v) is 10.7. The van der Waals surface area contributed by atoms with Crippen molar-refractivity contribution in [3.8, 4) is 5.75 Å². The lowest BCUT2D eigenvalue weighted by Crippen LogP contribution is -2.16. The molecule has 0 aromatic heterocycles. The lowest BCUT2D eigenvalue weighted by atomic mass is 10.1. The molecule has 17 heavy (non-hydrogen) atoms. The maximum absolute atomic E-state index is 9.88. The zero-order valence-electron chi connectivity index (χ0n) is 9.95. The van der Waals surface area contributed by atoms with Crippen LogP contribution in [0.4, 0.5) is 0 Å². The van der Waals surface area contributed by atoms with E-state index < -0.39 is 6.10 Å². The Morgan fingerprint density at radius 2 is 2.24 bits per heavy atom. The van der Waals surface area contributed by atoms with Gasteiger partial charge in [-0.2, -0.15) is 0 Å². The van der Waals surface area contributed by atoms with Gasteiger partial charge in [-0.15, -0.1) is 0 Å². The molecule has 1 atom stereocenters. The maximum atomic E-state index is 9.88. The van der Waals surface area contributed by atoms with Crippen molar-refractivity contribution in [3.63, 3.8) is 0 Å². The molecule has 1 aromatic carbocycles. The molecule has 4 heteroatoms. The van der Waals surface area contributed by atoms with Crippen molar-refractivity contribution in [1.82, 2.24) is 5.32 Å². The summed E-state index contributed by atoms with van der Waals surface area (Å²) in [6.07, 6.45) is 1.97. The standard InChI is InChI=1S/C13H18ClNO2/c1-15-7-13(16)10-4-11(14)6-12(5-10)17-8-9-2-3-9/h4-6,9,13,15-16H,2-3,7-8H2,1H3. The molecule has 0 bridgehead atoms. The average molecular weight is 256 g/mol. The number of ether oxygens (including phenoxy) is 1. The Labute approximate surface area is 107 Å². The molecule has 1 saturated carbocycles. The Kier molecular flexibility index (Phi) is 4.26. The first-order chi connectivity index (χ1) is 8.19. The number of likely N-dealkylation sites (N-methyl/N-ethyl adjacent to an activating group) is 1. The van der Waals surface area contributed by atoms with Gasteiger partial charge in [-0.25, -0.2) is 0 Å². The van der Waals surface area contributed by atoms with Crippen LogP contribution in [0.5, 0.6) is 5.75 Å². The number of aliphatic hydroxyl groups is 1. The first kappa shape index (κ1) is 12.7. The number of benzene rings is 1. The van der Waals surface area contributed by atoms with Gasteiger partial charge in [-0.1, -0.05) is 11.6 Å². The fourth-order valence-electron chi connectivity index (χ4n) is 1.67. The molecule has 1 unspecified atom stereocenters. The molecule has 0 radical (unpaired) electrons. The summed E-state index contributed by atoms with van der Waals surface area (Å²) in [6, 6.07) is 5.42. The van der Waals surface area contributed by atoms with Crippen molar-refractivity contribution in [2.75, 3.05) is 20.2 Å². The monoisotopic (exact) mass is 255 g/mol. The number of halogens is 1. The largest absolute Gasteiger partial charge is 0.493 e. The molecule has 0 amide bonds. The number of hydrogen-bond acceptors (Lipinski definition) is 3. The number of nitrogens with one attached hydrogen (secondary N) is 1. The van der Waals surface area contributed by atoms with E-state index in [1.807, 2.05) is 6.07 Å². The molecule has 1 aliphatic rings. The first-order valence-corrected chi connectivity index (χ1v) is 6.33. The van der Waals surface area contributed by atoms with Crippen LogP contribution in [0, 0.1) is 5.92 Å². The van der Waals surface area contributed by atoms with Crippen molar-refractivity contribution < 1.29 is 9.84 Å². The van der Waals surface area contributed by atoms with Crippen LogP contribution in [0.15, 0.2) is 18.2 Å². The van der Waals surface area contributed by atoms with Crippen molar-refractivity contribution in [1.29, 1.82) is 0 Å². The predicted molar refractivity (Wildman–Crippen MR) is 68.6 cm³/mol. The molecule has 0 saturated heterocycles. The van der Waals surface area contributed by atoms with Gasteiger partial charge in [0.25, 0.3) is 0 Å². The van der Waals surface area contributed by atoms with E-state index in [9.17, 15) is 5.11 Å². The molecule has 0 aliphatic heterocycles. The summed E-state index contributed by atoms with van der Waals surface area (Å²) in [5.74, 6) is 1.45. The molecule has 1 fully saturated rings. The second-order valence-electron chi connectivity index (χ2n) is 4.55. The minimum atomic E-state index is -0.554. The molecule has 2 N–H and O–H groups in total. The number of aliphatic hydroxyl groups excluding tert-OH is 1. The highest BCUT2D eigenvalue weighted by Gasteiger charge is 2.22. The van der Waals surface area contributed by atoms with Gasteiger partial charge in [0.2, 0.25) is 0 Å². The highest BCUT2D eigenvalue weighted by molar-refractivity contribution is 6.30. The van der Waals surface area contributed by atoms with Crippen LogP contribution in [-0.4, -0.2) is 25.3 Å². The van der Waals surface area contributed by atoms with Crippen LogP contribution >= 0.6 is 11.6 Å². The van der Waals surface area contributed by atoms with Crippen LogP contribution in [0.1, 0.15) is 24.5 Å². The van der Waals surface area contributed by atoms with E-state index in [0.29, 0.717) is 17.5 Å². The van der Waals surface area contributed by atoms with Crippen molar-refractivity contribution in [3.05, 3.63) is 28.8 Å². The van der Waals surface area contributed by atoms with Crippen molar-refractivity contribution >= 4 is 11.6 Å². The van der Waals surface area contributed by atoms with E-state index in [-0.39, 0.29) is 0 Å². The van der Waals surface area contributed by atoms with Crippen LogP contribution < -0.4 is 10.1 Å². The van der Waals surface area contributed by atoms with E-state index in [0.717, 1.165) is 17.9 Å². The molecular weight excluding hydrogens is 238 g/mol. The van der Waals surface area contributed by atoms with Gasteiger partial charge < -0.3 is 15.2 Å². The predicted octanol–water partition coefficient (Wildman–Crippen LogP) is 2.38. The van der Waals surface area contributed by atoms with Crippen molar-refractivity contribution in [2.45, 2.75) is 18.9 Å². The summed E-state index contributed by atoms with van der Waals surface area (Å²) in [7, 11) is 1.80. The molecule has 2 rings (SSSR count). The Hall–Kier alpha value is -0.770. The number of hydrogen-bond donors (Lipinski definition) is 2. The molecular formula is C13H18ClNO2. The summed E-state index contributed by atoms with van der Waals surface area (Å²) in [5, 5.41) is 13.4. The van der Waals surface area contributed by atoms with Gasteiger partial charge >= 0.3 is 0 Å². The van der Waals surface area contributed by atoms with Gasteiger partial charge in [0.15, 0.2) is 0 Å². The highest BCUT2D eigenvalue weighted by Crippen LogP contribution is 2.31. The molecule has 1 aliphatic carbocycles. The third kappa shape index (κ3) is 3.87. The Morgan fingerprint density at radius 3 is 2.88 bits per heavy atom. The van der Waals surface area contributed by atoms with Gasteiger partial charge in [-0.05, 0) is 49.6 Å². The van der Waals surface area contributed by atoms with Crippen LogP contribution in [-0.2, 0) is 0 Å². The first-order valence-electron chi connectivity index (χ1n) is 5.95. The lowest BCUT2D eigenvalue weighted by Gasteiger charge is -2.13. The van der Waals surface area contributed by atoms with E-state index in [1.54, 1.807) is 19.2 Å². The topological polar surface area (TPSA) is 41.5 Å². The van der Waals surface area contributed by atoms with E-state index >= 15 is 0 Å². The summed E-state index contributed by atoms with van der Waals surface area (Å²) in [4.78, 5) is 0. The van der Waals surface area contributed by atoms with Gasteiger partial charge in [0, 0.05) is 11.6 Å². The third-order valence-corrected chi connectivity index (χ3v) is 3.08. The van der Waals surface area contributed by atoms with Crippen LogP contribution in [0.3, 0.4) is 0 Å². The molecule has 1 aromatic rings. The van der Waals surface area contributed by atoms with Gasteiger partial charge in [0.1, 0.15) is 5.75 Å². The molecule has 0 heterocycles.